The molecule has 7 atom stereocenters. The minimum absolute atomic E-state index is 0.0166. The summed E-state index contributed by atoms with van der Waals surface area (Å²) in [4.78, 5) is 14.6. The Hall–Kier alpha value is -0.610. The fourth-order valence-electron chi connectivity index (χ4n) is 5.43. The Morgan fingerprint density at radius 3 is 2.82 bits per heavy atom. The lowest BCUT2D eigenvalue weighted by molar-refractivity contribution is -0.145. The molecule has 1 heterocycles. The third-order valence-electron chi connectivity index (χ3n) is 6.94. The molecule has 0 radical (unpaired) electrons. The quantitative estimate of drug-likeness (QED) is 0.813. The number of aliphatic hydroxyl groups is 1. The van der Waals surface area contributed by atoms with Crippen LogP contribution in [0.3, 0.4) is 0 Å². The minimum atomic E-state index is -0.223. The summed E-state index contributed by atoms with van der Waals surface area (Å²) < 4.78 is 5.77. The van der Waals surface area contributed by atoms with Crippen LogP contribution in [0.5, 0.6) is 0 Å². The molecule has 0 aromatic heterocycles. The fourth-order valence-corrected chi connectivity index (χ4v) is 5.43. The third-order valence-corrected chi connectivity index (χ3v) is 6.94. The highest BCUT2D eigenvalue weighted by molar-refractivity contribution is 5.75. The normalized spacial score (nSPS) is 48.0. The van der Waals surface area contributed by atoms with Gasteiger partial charge in [0.1, 0.15) is 6.10 Å². The number of carbonyl (C=O) groups is 1. The standard InChI is InChI=1S/C18H31NO3/c1-5-19(4)10-13-12-9-18(3)14(6-7-16(18)20)11(2)8-15(12)22-17(13)21/h11-16,20H,5-10H2,1-4H3/t11-,12-,13+,14+,15+,16+,18+/m1/s1. The zero-order valence-electron chi connectivity index (χ0n) is 14.4. The summed E-state index contributed by atoms with van der Waals surface area (Å²) in [5.74, 6) is 1.32. The number of nitrogens with zero attached hydrogens (tertiary/aromatic N) is 1. The van der Waals surface area contributed by atoms with Gasteiger partial charge in [0.2, 0.25) is 0 Å². The molecule has 2 aliphatic carbocycles. The molecule has 126 valence electrons. The molecule has 0 aromatic carbocycles. The molecule has 0 aromatic rings. The molecule has 3 aliphatic rings. The fraction of sp³-hybridized carbons (Fsp3) is 0.944. The zero-order valence-corrected chi connectivity index (χ0v) is 14.4. The number of hydrogen-bond acceptors (Lipinski definition) is 4. The van der Waals surface area contributed by atoms with E-state index in [2.05, 4.69) is 32.7 Å². The van der Waals surface area contributed by atoms with Crippen LogP contribution < -0.4 is 0 Å². The Morgan fingerprint density at radius 1 is 1.41 bits per heavy atom. The molecular formula is C18H31NO3. The maximum Gasteiger partial charge on any atom is 0.310 e. The van der Waals surface area contributed by atoms with Crippen molar-refractivity contribution in [1.82, 2.24) is 4.90 Å². The molecule has 4 nitrogen and oxygen atoms in total. The Bertz CT molecular complexity index is 440. The molecule has 0 bridgehead atoms. The van der Waals surface area contributed by atoms with Crippen LogP contribution in [0.15, 0.2) is 0 Å². The van der Waals surface area contributed by atoms with E-state index < -0.39 is 0 Å². The van der Waals surface area contributed by atoms with Crippen molar-refractivity contribution in [2.24, 2.45) is 29.1 Å². The molecule has 0 unspecified atom stereocenters. The maximum absolute atomic E-state index is 12.4. The molecule has 1 N–H and O–H groups in total. The van der Waals surface area contributed by atoms with Gasteiger partial charge < -0.3 is 14.7 Å². The van der Waals surface area contributed by atoms with Crippen molar-refractivity contribution in [3.8, 4) is 0 Å². The highest BCUT2D eigenvalue weighted by Gasteiger charge is 2.57. The van der Waals surface area contributed by atoms with E-state index in [1.807, 2.05) is 0 Å². The molecule has 4 heteroatoms. The van der Waals surface area contributed by atoms with Gasteiger partial charge in [0, 0.05) is 12.5 Å². The van der Waals surface area contributed by atoms with Gasteiger partial charge in [-0.1, -0.05) is 20.8 Å². The van der Waals surface area contributed by atoms with Gasteiger partial charge in [0.25, 0.3) is 0 Å². The molecule has 3 rings (SSSR count). The van der Waals surface area contributed by atoms with Crippen molar-refractivity contribution >= 4 is 5.97 Å². The average Bonchev–Trinajstić information content (AvgIpc) is 2.87. The van der Waals surface area contributed by atoms with E-state index >= 15 is 0 Å². The molecule has 0 spiro atoms. The first-order valence-corrected chi connectivity index (χ1v) is 8.94. The first kappa shape index (κ1) is 16.3. The Kier molecular flexibility index (Phi) is 4.28. The van der Waals surface area contributed by atoms with Gasteiger partial charge in [-0.05, 0) is 56.5 Å². The van der Waals surface area contributed by atoms with E-state index in [4.69, 9.17) is 4.74 Å². The van der Waals surface area contributed by atoms with Gasteiger partial charge in [-0.15, -0.1) is 0 Å². The van der Waals surface area contributed by atoms with Crippen LogP contribution in [0.2, 0.25) is 0 Å². The predicted molar refractivity (Wildman–Crippen MR) is 85.3 cm³/mol. The van der Waals surface area contributed by atoms with Gasteiger partial charge in [-0.2, -0.15) is 0 Å². The van der Waals surface area contributed by atoms with Crippen molar-refractivity contribution in [1.29, 1.82) is 0 Å². The topological polar surface area (TPSA) is 49.8 Å². The number of esters is 1. The van der Waals surface area contributed by atoms with Gasteiger partial charge in [-0.3, -0.25) is 4.79 Å². The van der Waals surface area contributed by atoms with Crippen molar-refractivity contribution in [3.63, 3.8) is 0 Å². The maximum atomic E-state index is 12.4. The second kappa shape index (κ2) is 5.79. The SMILES string of the molecule is CCN(C)C[C@@H]1C(=O)O[C@H]2C[C@@H](C)[C@@H]3CC[C@H](O)[C@@]3(C)C[C@@H]21. The lowest BCUT2D eigenvalue weighted by Gasteiger charge is -2.37. The van der Waals surface area contributed by atoms with Crippen molar-refractivity contribution in [3.05, 3.63) is 0 Å². The van der Waals surface area contributed by atoms with Crippen LogP contribution in [-0.2, 0) is 9.53 Å². The number of rotatable bonds is 3. The number of fused-ring (bicyclic) bond motifs is 2. The minimum Gasteiger partial charge on any atom is -0.462 e. The molecule has 1 saturated heterocycles. The molecule has 3 fully saturated rings. The van der Waals surface area contributed by atoms with E-state index in [1.54, 1.807) is 0 Å². The van der Waals surface area contributed by atoms with E-state index in [9.17, 15) is 9.90 Å². The summed E-state index contributed by atoms with van der Waals surface area (Å²) in [7, 11) is 2.06. The molecular weight excluding hydrogens is 278 g/mol. The summed E-state index contributed by atoms with van der Waals surface area (Å²) in [6.07, 6.45) is 3.77. The highest BCUT2D eigenvalue weighted by Crippen LogP contribution is 2.57. The van der Waals surface area contributed by atoms with Crippen LogP contribution in [0.1, 0.15) is 46.5 Å². The molecule has 22 heavy (non-hydrogen) atoms. The zero-order chi connectivity index (χ0) is 16.1. The second-order valence-corrected chi connectivity index (χ2v) is 8.22. The van der Waals surface area contributed by atoms with Gasteiger partial charge in [0.15, 0.2) is 0 Å². The Balaban J connectivity index is 1.86. The lowest BCUT2D eigenvalue weighted by Crippen LogP contribution is -2.39. The third kappa shape index (κ3) is 2.48. The average molecular weight is 309 g/mol. The first-order chi connectivity index (χ1) is 10.4. The number of aliphatic hydroxyl groups excluding tert-OH is 1. The van der Waals surface area contributed by atoms with Crippen molar-refractivity contribution in [2.45, 2.75) is 58.7 Å². The summed E-state index contributed by atoms with van der Waals surface area (Å²) in [6, 6.07) is 0. The summed E-state index contributed by atoms with van der Waals surface area (Å²) in [6.45, 7) is 8.37. The first-order valence-electron chi connectivity index (χ1n) is 8.94. The van der Waals surface area contributed by atoms with E-state index in [1.165, 1.54) is 0 Å². The van der Waals surface area contributed by atoms with E-state index in [0.717, 1.165) is 38.8 Å². The van der Waals surface area contributed by atoms with Crippen LogP contribution >= 0.6 is 0 Å². The van der Waals surface area contributed by atoms with Crippen LogP contribution in [0, 0.1) is 29.1 Å². The summed E-state index contributed by atoms with van der Waals surface area (Å²) in [5.41, 5.74) is -0.0458. The molecule has 1 aliphatic heterocycles. The van der Waals surface area contributed by atoms with Crippen molar-refractivity contribution in [2.75, 3.05) is 20.1 Å². The summed E-state index contributed by atoms with van der Waals surface area (Å²) >= 11 is 0. The number of ether oxygens (including phenoxy) is 1. The number of hydrogen-bond donors (Lipinski definition) is 1. The summed E-state index contributed by atoms with van der Waals surface area (Å²) in [5, 5.41) is 10.6. The Morgan fingerprint density at radius 2 is 2.14 bits per heavy atom. The van der Waals surface area contributed by atoms with Crippen LogP contribution in [0.4, 0.5) is 0 Å². The molecule has 2 saturated carbocycles. The van der Waals surface area contributed by atoms with Crippen LogP contribution in [0.25, 0.3) is 0 Å². The van der Waals surface area contributed by atoms with E-state index in [-0.39, 0.29) is 35.4 Å². The van der Waals surface area contributed by atoms with Crippen molar-refractivity contribution < 1.29 is 14.6 Å². The van der Waals surface area contributed by atoms with Gasteiger partial charge in [-0.25, -0.2) is 0 Å². The smallest absolute Gasteiger partial charge is 0.310 e. The number of carbonyl (C=O) groups excluding carboxylic acids is 1. The monoisotopic (exact) mass is 309 g/mol. The van der Waals surface area contributed by atoms with Crippen LogP contribution in [-0.4, -0.2) is 48.3 Å². The van der Waals surface area contributed by atoms with Gasteiger partial charge in [0.05, 0.1) is 12.0 Å². The lowest BCUT2D eigenvalue weighted by atomic mass is 9.68. The Labute approximate surface area is 134 Å². The molecule has 0 amide bonds. The largest absolute Gasteiger partial charge is 0.462 e. The highest BCUT2D eigenvalue weighted by atomic mass is 16.6. The predicted octanol–water partition coefficient (Wildman–Crippen LogP) is 2.30. The van der Waals surface area contributed by atoms with E-state index in [0.29, 0.717) is 11.8 Å². The second-order valence-electron chi connectivity index (χ2n) is 8.22. The van der Waals surface area contributed by atoms with Gasteiger partial charge >= 0.3 is 5.97 Å².